The van der Waals surface area contributed by atoms with Crippen molar-refractivity contribution >= 4 is 15.7 Å². The zero-order valence-corrected chi connectivity index (χ0v) is 11.3. The standard InChI is InChI=1S/C11H12F2N4O2S/c1-6-7(4-15-17-6)5-16-20(18,19)9-3-2-8(12)11(14)10(9)13/h2-4,16H,5,14H2,1H3,(H,15,17). The fraction of sp³-hybridized carbons (Fsp3) is 0.182. The highest BCUT2D eigenvalue weighted by molar-refractivity contribution is 7.89. The number of benzene rings is 1. The lowest BCUT2D eigenvalue weighted by Crippen LogP contribution is -2.24. The Morgan fingerprint density at radius 1 is 1.40 bits per heavy atom. The van der Waals surface area contributed by atoms with Gasteiger partial charge < -0.3 is 5.73 Å². The van der Waals surface area contributed by atoms with Crippen molar-refractivity contribution in [2.75, 3.05) is 5.73 Å². The summed E-state index contributed by atoms with van der Waals surface area (Å²) in [6.07, 6.45) is 1.45. The van der Waals surface area contributed by atoms with Crippen LogP contribution in [0.3, 0.4) is 0 Å². The average molecular weight is 302 g/mol. The molecular weight excluding hydrogens is 290 g/mol. The molecule has 6 nitrogen and oxygen atoms in total. The number of nitrogens with two attached hydrogens (primary N) is 1. The van der Waals surface area contributed by atoms with E-state index in [1.807, 2.05) is 0 Å². The molecule has 1 aromatic heterocycles. The van der Waals surface area contributed by atoms with Gasteiger partial charge in [0.2, 0.25) is 10.0 Å². The minimum absolute atomic E-state index is 0.0681. The first-order valence-corrected chi connectivity index (χ1v) is 7.03. The number of halogens is 2. The van der Waals surface area contributed by atoms with Crippen LogP contribution in [0.4, 0.5) is 14.5 Å². The lowest BCUT2D eigenvalue weighted by molar-refractivity contribution is 0.548. The normalized spacial score (nSPS) is 11.8. The number of nitrogens with zero attached hydrogens (tertiary/aromatic N) is 1. The number of nitrogens with one attached hydrogen (secondary N) is 2. The SMILES string of the molecule is Cc1[nH]ncc1CNS(=O)(=O)c1ccc(F)c(N)c1F. The predicted octanol–water partition coefficient (Wildman–Crippen LogP) is 1.06. The summed E-state index contributed by atoms with van der Waals surface area (Å²) in [4.78, 5) is -0.697. The first-order chi connectivity index (χ1) is 9.33. The number of hydrogen-bond acceptors (Lipinski definition) is 4. The molecule has 1 heterocycles. The van der Waals surface area contributed by atoms with Gasteiger partial charge in [-0.1, -0.05) is 0 Å². The second kappa shape index (κ2) is 5.17. The summed E-state index contributed by atoms with van der Waals surface area (Å²) >= 11 is 0. The zero-order valence-electron chi connectivity index (χ0n) is 10.4. The minimum atomic E-state index is -4.14. The van der Waals surface area contributed by atoms with Gasteiger partial charge in [0.25, 0.3) is 0 Å². The van der Waals surface area contributed by atoms with Crippen molar-refractivity contribution < 1.29 is 17.2 Å². The molecule has 0 unspecified atom stereocenters. The number of aromatic amines is 1. The van der Waals surface area contributed by atoms with Crippen LogP contribution < -0.4 is 10.5 Å². The minimum Gasteiger partial charge on any atom is -0.394 e. The first-order valence-electron chi connectivity index (χ1n) is 5.55. The Morgan fingerprint density at radius 3 is 2.70 bits per heavy atom. The summed E-state index contributed by atoms with van der Waals surface area (Å²) in [5.74, 6) is -2.31. The smallest absolute Gasteiger partial charge is 0.243 e. The third-order valence-electron chi connectivity index (χ3n) is 2.77. The average Bonchev–Trinajstić information content (AvgIpc) is 2.79. The molecule has 108 valence electrons. The number of aryl methyl sites for hydroxylation is 1. The van der Waals surface area contributed by atoms with E-state index in [2.05, 4.69) is 14.9 Å². The van der Waals surface area contributed by atoms with Gasteiger partial charge in [-0.3, -0.25) is 5.10 Å². The van der Waals surface area contributed by atoms with Gasteiger partial charge >= 0.3 is 0 Å². The first kappa shape index (κ1) is 14.4. The fourth-order valence-corrected chi connectivity index (χ4v) is 2.66. The van der Waals surface area contributed by atoms with Crippen molar-refractivity contribution in [3.8, 4) is 0 Å². The molecule has 0 atom stereocenters. The highest BCUT2D eigenvalue weighted by atomic mass is 32.2. The van der Waals surface area contributed by atoms with Gasteiger partial charge in [0.15, 0.2) is 5.82 Å². The van der Waals surface area contributed by atoms with Crippen LogP contribution in [0.1, 0.15) is 11.3 Å². The number of H-pyrrole nitrogens is 1. The van der Waals surface area contributed by atoms with E-state index in [4.69, 9.17) is 5.73 Å². The molecule has 4 N–H and O–H groups in total. The van der Waals surface area contributed by atoms with Crippen molar-refractivity contribution in [2.45, 2.75) is 18.4 Å². The number of hydrogen-bond donors (Lipinski definition) is 3. The highest BCUT2D eigenvalue weighted by Gasteiger charge is 2.22. The van der Waals surface area contributed by atoms with Crippen LogP contribution >= 0.6 is 0 Å². The Balaban J connectivity index is 2.27. The molecule has 0 amide bonds. The van der Waals surface area contributed by atoms with Crippen LogP contribution in [-0.4, -0.2) is 18.6 Å². The molecule has 0 spiro atoms. The molecule has 0 saturated heterocycles. The Labute approximate surface area is 114 Å². The van der Waals surface area contributed by atoms with Crippen LogP contribution in [0.25, 0.3) is 0 Å². The van der Waals surface area contributed by atoms with E-state index in [1.165, 1.54) is 6.20 Å². The lowest BCUT2D eigenvalue weighted by atomic mass is 10.3. The van der Waals surface area contributed by atoms with E-state index in [9.17, 15) is 17.2 Å². The highest BCUT2D eigenvalue weighted by Crippen LogP contribution is 2.22. The quantitative estimate of drug-likeness (QED) is 0.735. The number of aromatic nitrogens is 2. The third kappa shape index (κ3) is 2.63. The van der Waals surface area contributed by atoms with E-state index < -0.39 is 32.2 Å². The molecule has 0 aliphatic carbocycles. The van der Waals surface area contributed by atoms with Crippen LogP contribution in [0.2, 0.25) is 0 Å². The number of rotatable bonds is 4. The molecule has 1 aromatic carbocycles. The van der Waals surface area contributed by atoms with Gasteiger partial charge in [-0.25, -0.2) is 21.9 Å². The molecule has 9 heteroatoms. The zero-order chi connectivity index (χ0) is 14.9. The molecule has 2 rings (SSSR count). The molecule has 0 aliphatic heterocycles. The number of sulfonamides is 1. The van der Waals surface area contributed by atoms with Crippen LogP contribution in [0.5, 0.6) is 0 Å². The number of anilines is 1. The third-order valence-corrected chi connectivity index (χ3v) is 4.19. The molecular formula is C11H12F2N4O2S. The Bertz CT molecular complexity index is 743. The largest absolute Gasteiger partial charge is 0.394 e. The summed E-state index contributed by atoms with van der Waals surface area (Å²) in [6.45, 7) is 1.65. The van der Waals surface area contributed by atoms with Crippen LogP contribution in [-0.2, 0) is 16.6 Å². The second-order valence-corrected chi connectivity index (χ2v) is 5.85. The summed E-state index contributed by atoms with van der Waals surface area (Å²) < 4.78 is 52.8. The molecule has 0 radical (unpaired) electrons. The van der Waals surface area contributed by atoms with Crippen molar-refractivity contribution in [3.05, 3.63) is 41.2 Å². The van der Waals surface area contributed by atoms with Crippen molar-refractivity contribution in [3.63, 3.8) is 0 Å². The lowest BCUT2D eigenvalue weighted by Gasteiger charge is -2.09. The topological polar surface area (TPSA) is 101 Å². The van der Waals surface area contributed by atoms with E-state index in [0.29, 0.717) is 11.3 Å². The molecule has 0 saturated carbocycles. The summed E-state index contributed by atoms with van der Waals surface area (Å²) in [6, 6.07) is 1.63. The molecule has 0 bridgehead atoms. The van der Waals surface area contributed by atoms with Crippen molar-refractivity contribution in [1.82, 2.24) is 14.9 Å². The Morgan fingerprint density at radius 2 is 2.10 bits per heavy atom. The monoisotopic (exact) mass is 302 g/mol. The maximum atomic E-state index is 13.7. The fourth-order valence-electron chi connectivity index (χ4n) is 1.56. The Hall–Kier alpha value is -2.00. The van der Waals surface area contributed by atoms with E-state index in [0.717, 1.165) is 12.1 Å². The van der Waals surface area contributed by atoms with Gasteiger partial charge in [0.05, 0.1) is 6.20 Å². The van der Waals surface area contributed by atoms with Gasteiger partial charge in [0, 0.05) is 17.8 Å². The van der Waals surface area contributed by atoms with Gasteiger partial charge in [-0.2, -0.15) is 5.10 Å². The van der Waals surface area contributed by atoms with Crippen LogP contribution in [0, 0.1) is 18.6 Å². The molecule has 2 aromatic rings. The summed E-state index contributed by atoms with van der Waals surface area (Å²) in [7, 11) is -4.14. The van der Waals surface area contributed by atoms with E-state index in [1.54, 1.807) is 6.92 Å². The maximum Gasteiger partial charge on any atom is 0.243 e. The predicted molar refractivity (Wildman–Crippen MR) is 68.1 cm³/mol. The van der Waals surface area contributed by atoms with Gasteiger partial charge in [-0.05, 0) is 19.1 Å². The van der Waals surface area contributed by atoms with Crippen LogP contribution in [0.15, 0.2) is 23.2 Å². The molecule has 0 aliphatic rings. The number of nitrogen functional groups attached to an aromatic ring is 1. The van der Waals surface area contributed by atoms with Crippen molar-refractivity contribution in [2.24, 2.45) is 0 Å². The summed E-state index contributed by atoms with van der Waals surface area (Å²) in [5.41, 5.74) is 5.61. The van der Waals surface area contributed by atoms with Gasteiger partial charge in [-0.15, -0.1) is 0 Å². The maximum absolute atomic E-state index is 13.7. The van der Waals surface area contributed by atoms with Crippen molar-refractivity contribution in [1.29, 1.82) is 0 Å². The summed E-state index contributed by atoms with van der Waals surface area (Å²) in [5, 5.41) is 6.38. The Kier molecular flexibility index (Phi) is 3.73. The second-order valence-electron chi connectivity index (χ2n) is 4.12. The van der Waals surface area contributed by atoms with E-state index >= 15 is 0 Å². The molecule has 20 heavy (non-hydrogen) atoms. The molecule has 0 fully saturated rings. The van der Waals surface area contributed by atoms with E-state index in [-0.39, 0.29) is 6.54 Å². The van der Waals surface area contributed by atoms with Gasteiger partial charge in [0.1, 0.15) is 16.4 Å².